The molecule has 5 heteroatoms. The highest BCUT2D eigenvalue weighted by atomic mass is 16.7. The monoisotopic (exact) mass is 311 g/mol. The van der Waals surface area contributed by atoms with E-state index in [9.17, 15) is 4.79 Å². The normalized spacial score (nSPS) is 22.3. The molecule has 0 aliphatic carbocycles. The summed E-state index contributed by atoms with van der Waals surface area (Å²) in [4.78, 5) is 16.8. The first kappa shape index (κ1) is 15.1. The maximum Gasteiger partial charge on any atom is 0.515 e. The van der Waals surface area contributed by atoms with Crippen LogP contribution in [-0.2, 0) is 26.3 Å². The maximum absolute atomic E-state index is 11.4. The molecule has 118 valence electrons. The summed E-state index contributed by atoms with van der Waals surface area (Å²) >= 11 is 0. The van der Waals surface area contributed by atoms with Gasteiger partial charge in [-0.1, -0.05) is 60.7 Å². The van der Waals surface area contributed by atoms with Crippen LogP contribution in [0.5, 0.6) is 0 Å². The molecule has 1 saturated heterocycles. The molecule has 1 aliphatic heterocycles. The summed E-state index contributed by atoms with van der Waals surface area (Å²) in [6, 6.07) is 19.3. The van der Waals surface area contributed by atoms with E-state index in [1.165, 1.54) is 0 Å². The molecular weight excluding hydrogens is 294 g/mol. The van der Waals surface area contributed by atoms with Crippen LogP contribution in [0.1, 0.15) is 18.1 Å². The van der Waals surface area contributed by atoms with Crippen LogP contribution in [0.3, 0.4) is 0 Å². The van der Waals surface area contributed by atoms with Gasteiger partial charge in [0, 0.05) is 0 Å². The van der Waals surface area contributed by atoms with Crippen LogP contribution in [-0.4, -0.2) is 18.7 Å². The molecule has 1 unspecified atom stereocenters. The van der Waals surface area contributed by atoms with Gasteiger partial charge in [-0.25, -0.2) is 4.79 Å². The zero-order chi connectivity index (χ0) is 16.1. The molecule has 0 saturated carbocycles. The molecule has 0 aromatic heterocycles. The second-order valence-electron chi connectivity index (χ2n) is 5.49. The van der Waals surface area contributed by atoms with Crippen molar-refractivity contribution in [2.24, 2.45) is 5.16 Å². The second-order valence-corrected chi connectivity index (χ2v) is 5.49. The number of hydrogen-bond acceptors (Lipinski definition) is 5. The minimum absolute atomic E-state index is 0.156. The Kier molecular flexibility index (Phi) is 4.28. The third-order valence-electron chi connectivity index (χ3n) is 3.76. The predicted octanol–water partition coefficient (Wildman–Crippen LogP) is 3.64. The zero-order valence-electron chi connectivity index (χ0n) is 12.8. The Balaban J connectivity index is 1.81. The topological polar surface area (TPSA) is 57.1 Å². The van der Waals surface area contributed by atoms with Gasteiger partial charge in [-0.2, -0.15) is 0 Å². The van der Waals surface area contributed by atoms with Crippen molar-refractivity contribution in [3.05, 3.63) is 71.8 Å². The molecule has 3 rings (SSSR count). The molecule has 2 aromatic rings. The van der Waals surface area contributed by atoms with E-state index in [0.29, 0.717) is 6.61 Å². The van der Waals surface area contributed by atoms with Crippen molar-refractivity contribution in [2.75, 3.05) is 6.61 Å². The van der Waals surface area contributed by atoms with Crippen LogP contribution in [0.15, 0.2) is 65.8 Å². The van der Waals surface area contributed by atoms with Crippen molar-refractivity contribution in [1.82, 2.24) is 0 Å². The highest BCUT2D eigenvalue weighted by molar-refractivity contribution is 5.95. The van der Waals surface area contributed by atoms with Gasteiger partial charge in [-0.05, 0) is 23.2 Å². The fourth-order valence-corrected chi connectivity index (χ4v) is 2.36. The lowest BCUT2D eigenvalue weighted by Crippen LogP contribution is -2.45. The number of carbonyl (C=O) groups excluding carboxylic acids is 1. The fourth-order valence-electron chi connectivity index (χ4n) is 2.36. The van der Waals surface area contributed by atoms with Gasteiger partial charge >= 0.3 is 6.16 Å². The number of oxime groups is 1. The molecule has 1 fully saturated rings. The first-order chi connectivity index (χ1) is 11.2. The van der Waals surface area contributed by atoms with E-state index in [1.54, 1.807) is 0 Å². The number of carbonyl (C=O) groups is 1. The van der Waals surface area contributed by atoms with Crippen molar-refractivity contribution in [1.29, 1.82) is 0 Å². The van der Waals surface area contributed by atoms with Crippen LogP contribution in [0.25, 0.3) is 0 Å². The van der Waals surface area contributed by atoms with Crippen LogP contribution in [0.4, 0.5) is 4.79 Å². The molecule has 0 spiro atoms. The molecule has 1 aliphatic rings. The molecule has 1 atom stereocenters. The first-order valence-electron chi connectivity index (χ1n) is 7.33. The summed E-state index contributed by atoms with van der Waals surface area (Å²) in [5.41, 5.74) is 1.25. The predicted molar refractivity (Wildman–Crippen MR) is 84.9 cm³/mol. The van der Waals surface area contributed by atoms with Crippen molar-refractivity contribution < 1.29 is 19.1 Å². The number of hydrogen-bond donors (Lipinski definition) is 0. The Morgan fingerprint density at radius 1 is 1.09 bits per heavy atom. The number of nitrogens with zero attached hydrogens (tertiary/aromatic N) is 1. The lowest BCUT2D eigenvalue weighted by atomic mass is 9.82. The molecule has 23 heavy (non-hydrogen) atoms. The molecule has 0 radical (unpaired) electrons. The Bertz CT molecular complexity index is 699. The third-order valence-corrected chi connectivity index (χ3v) is 3.76. The minimum atomic E-state index is -0.763. The van der Waals surface area contributed by atoms with Gasteiger partial charge in [0.2, 0.25) is 0 Å². The number of cyclic esters (lactones) is 2. The third kappa shape index (κ3) is 3.34. The largest absolute Gasteiger partial charge is 0.515 e. The summed E-state index contributed by atoms with van der Waals surface area (Å²) in [6.07, 6.45) is -0.763. The van der Waals surface area contributed by atoms with E-state index in [4.69, 9.17) is 14.3 Å². The molecule has 0 N–H and O–H groups in total. The highest BCUT2D eigenvalue weighted by Gasteiger charge is 2.42. The van der Waals surface area contributed by atoms with Gasteiger partial charge in [0.1, 0.15) is 18.6 Å². The van der Waals surface area contributed by atoms with E-state index < -0.39 is 11.6 Å². The Hall–Kier alpha value is -2.82. The number of ether oxygens (including phenoxy) is 2. The van der Waals surface area contributed by atoms with Crippen molar-refractivity contribution >= 4 is 12.1 Å². The van der Waals surface area contributed by atoms with Gasteiger partial charge in [0.15, 0.2) is 0 Å². The summed E-state index contributed by atoms with van der Waals surface area (Å²) in [6.45, 7) is 2.36. The van der Waals surface area contributed by atoms with E-state index in [1.807, 2.05) is 67.6 Å². The van der Waals surface area contributed by atoms with Crippen LogP contribution >= 0.6 is 0 Å². The standard InChI is InChI=1S/C18H17NO4/c1-18(15-10-6-3-7-11-15)13-21-17(20)23-16(18)19-22-12-14-8-4-2-5-9-14/h2-11H,12-13H2,1H3. The molecule has 0 amide bonds. The first-order valence-corrected chi connectivity index (χ1v) is 7.33. The quantitative estimate of drug-likeness (QED) is 0.639. The van der Waals surface area contributed by atoms with Gasteiger partial charge in [-0.15, -0.1) is 0 Å². The molecular formula is C18H17NO4. The summed E-state index contributed by atoms with van der Waals surface area (Å²) in [7, 11) is 0. The zero-order valence-corrected chi connectivity index (χ0v) is 12.8. The molecule has 0 bridgehead atoms. The van der Waals surface area contributed by atoms with Gasteiger partial charge in [-0.3, -0.25) is 0 Å². The lowest BCUT2D eigenvalue weighted by molar-refractivity contribution is 0.0442. The summed E-state index contributed by atoms with van der Waals surface area (Å²) in [5, 5.41) is 4.05. The van der Waals surface area contributed by atoms with E-state index >= 15 is 0 Å². The van der Waals surface area contributed by atoms with Crippen molar-refractivity contribution in [3.63, 3.8) is 0 Å². The maximum atomic E-state index is 11.4. The van der Waals surface area contributed by atoms with Gasteiger partial charge in [0.25, 0.3) is 5.90 Å². The van der Waals surface area contributed by atoms with Crippen LogP contribution < -0.4 is 0 Å². The highest BCUT2D eigenvalue weighted by Crippen LogP contribution is 2.30. The smallest absolute Gasteiger partial charge is 0.432 e. The van der Waals surface area contributed by atoms with Gasteiger partial charge < -0.3 is 14.3 Å². The summed E-state index contributed by atoms with van der Waals surface area (Å²) in [5.74, 6) is 0.205. The number of benzene rings is 2. The van der Waals surface area contributed by atoms with E-state index in [0.717, 1.165) is 11.1 Å². The lowest BCUT2D eigenvalue weighted by Gasteiger charge is -2.32. The molecule has 1 heterocycles. The van der Waals surface area contributed by atoms with Crippen molar-refractivity contribution in [2.45, 2.75) is 18.9 Å². The fraction of sp³-hybridized carbons (Fsp3) is 0.222. The minimum Gasteiger partial charge on any atom is -0.432 e. The Labute approximate surface area is 134 Å². The number of rotatable bonds is 4. The Morgan fingerprint density at radius 2 is 1.74 bits per heavy atom. The van der Waals surface area contributed by atoms with Crippen LogP contribution in [0, 0.1) is 0 Å². The van der Waals surface area contributed by atoms with E-state index in [2.05, 4.69) is 5.16 Å². The van der Waals surface area contributed by atoms with Gasteiger partial charge in [0.05, 0.1) is 0 Å². The summed E-state index contributed by atoms with van der Waals surface area (Å²) < 4.78 is 10.2. The SMILES string of the molecule is CC1(c2ccccc2)COC(=O)OC1=NOCc1ccccc1. The van der Waals surface area contributed by atoms with Crippen molar-refractivity contribution in [3.8, 4) is 0 Å². The second kappa shape index (κ2) is 6.52. The molecule has 5 nitrogen and oxygen atoms in total. The average molecular weight is 311 g/mol. The Morgan fingerprint density at radius 3 is 2.43 bits per heavy atom. The van der Waals surface area contributed by atoms with Crippen LogP contribution in [0.2, 0.25) is 0 Å². The average Bonchev–Trinajstić information content (AvgIpc) is 2.60. The molecule has 2 aromatic carbocycles. The van der Waals surface area contributed by atoms with E-state index in [-0.39, 0.29) is 12.5 Å².